The molecule has 128 valence electrons. The van der Waals surface area contributed by atoms with E-state index in [1.165, 1.54) is 32.5 Å². The second kappa shape index (κ2) is 6.64. The first kappa shape index (κ1) is 16.5. The number of anilines is 1. The van der Waals surface area contributed by atoms with Crippen LogP contribution in [0.2, 0.25) is 0 Å². The topological polar surface area (TPSA) is 80.4 Å². The molecular formula is C18H15FN2O4. The minimum atomic E-state index is -0.611. The van der Waals surface area contributed by atoms with Crippen LogP contribution >= 0.6 is 0 Å². The number of fused-ring (bicyclic) bond motifs is 1. The van der Waals surface area contributed by atoms with Crippen LogP contribution in [0.3, 0.4) is 0 Å². The van der Waals surface area contributed by atoms with Gasteiger partial charge in [0, 0.05) is 28.9 Å². The molecule has 0 spiro atoms. The Labute approximate surface area is 142 Å². The molecule has 0 atom stereocenters. The molecule has 0 fully saturated rings. The van der Waals surface area contributed by atoms with Gasteiger partial charge in [-0.15, -0.1) is 0 Å². The number of aromatic amines is 1. The van der Waals surface area contributed by atoms with Crippen molar-refractivity contribution < 1.29 is 18.7 Å². The van der Waals surface area contributed by atoms with Crippen molar-refractivity contribution in [3.8, 4) is 11.5 Å². The van der Waals surface area contributed by atoms with E-state index in [0.29, 0.717) is 22.7 Å². The summed E-state index contributed by atoms with van der Waals surface area (Å²) in [5.41, 5.74) is 0.217. The van der Waals surface area contributed by atoms with Crippen molar-refractivity contribution in [3.63, 3.8) is 0 Å². The zero-order valence-electron chi connectivity index (χ0n) is 13.6. The van der Waals surface area contributed by atoms with Gasteiger partial charge in [0.15, 0.2) is 11.5 Å². The molecule has 1 amide bonds. The maximum absolute atomic E-state index is 13.4. The maximum atomic E-state index is 13.4. The molecule has 0 bridgehead atoms. The van der Waals surface area contributed by atoms with Crippen LogP contribution in [0.5, 0.6) is 11.5 Å². The van der Waals surface area contributed by atoms with Crippen molar-refractivity contribution in [3.05, 3.63) is 64.2 Å². The number of rotatable bonds is 4. The molecule has 0 unspecified atom stereocenters. The Morgan fingerprint density at radius 2 is 1.84 bits per heavy atom. The quantitative estimate of drug-likeness (QED) is 0.764. The van der Waals surface area contributed by atoms with Gasteiger partial charge in [-0.25, -0.2) is 4.39 Å². The first-order valence-corrected chi connectivity index (χ1v) is 7.38. The van der Waals surface area contributed by atoms with Crippen molar-refractivity contribution in [2.45, 2.75) is 0 Å². The average Bonchev–Trinajstić information content (AvgIpc) is 2.62. The smallest absolute Gasteiger partial charge is 0.261 e. The molecule has 1 aromatic heterocycles. The lowest BCUT2D eigenvalue weighted by molar-refractivity contribution is 0.102. The van der Waals surface area contributed by atoms with E-state index >= 15 is 0 Å². The van der Waals surface area contributed by atoms with Gasteiger partial charge < -0.3 is 19.8 Å². The number of aromatic nitrogens is 1. The Bertz CT molecular complexity index is 1010. The zero-order valence-corrected chi connectivity index (χ0v) is 13.6. The number of hydrogen-bond acceptors (Lipinski definition) is 4. The van der Waals surface area contributed by atoms with Crippen molar-refractivity contribution in [1.82, 2.24) is 4.98 Å². The first-order valence-electron chi connectivity index (χ1n) is 7.38. The molecule has 2 aromatic carbocycles. The zero-order chi connectivity index (χ0) is 18.0. The van der Waals surface area contributed by atoms with Crippen LogP contribution in [0.15, 0.2) is 47.4 Å². The number of halogens is 1. The largest absolute Gasteiger partial charge is 0.493 e. The minimum Gasteiger partial charge on any atom is -0.493 e. The third-order valence-corrected chi connectivity index (χ3v) is 3.73. The highest BCUT2D eigenvalue weighted by atomic mass is 19.1. The molecule has 0 aliphatic heterocycles. The summed E-state index contributed by atoms with van der Waals surface area (Å²) >= 11 is 0. The fraction of sp³-hybridized carbons (Fsp3) is 0.111. The third-order valence-electron chi connectivity index (χ3n) is 3.73. The minimum absolute atomic E-state index is 0.111. The Hall–Kier alpha value is -3.35. The molecule has 3 aromatic rings. The molecule has 7 heteroatoms. The maximum Gasteiger partial charge on any atom is 0.261 e. The van der Waals surface area contributed by atoms with Gasteiger partial charge >= 0.3 is 0 Å². The van der Waals surface area contributed by atoms with Crippen LogP contribution in [0.25, 0.3) is 10.9 Å². The predicted octanol–water partition coefficient (Wildman–Crippen LogP) is 2.94. The average molecular weight is 342 g/mol. The van der Waals surface area contributed by atoms with Gasteiger partial charge in [0.05, 0.1) is 14.2 Å². The lowest BCUT2D eigenvalue weighted by Gasteiger charge is -2.10. The standard InChI is InChI=1S/C18H15FN2O4/c1-24-15-6-4-11(8-16(15)25-2)21-18(23)13-9-20-14-5-3-10(19)7-12(14)17(13)22/h3-9H,1-2H3,(H,20,22)(H,21,23). The second-order valence-corrected chi connectivity index (χ2v) is 5.25. The summed E-state index contributed by atoms with van der Waals surface area (Å²) in [7, 11) is 2.98. The molecule has 6 nitrogen and oxygen atoms in total. The summed E-state index contributed by atoms with van der Waals surface area (Å²) in [5.74, 6) is -0.204. The molecule has 0 saturated carbocycles. The van der Waals surface area contributed by atoms with Gasteiger partial charge in [-0.1, -0.05) is 0 Å². The molecule has 0 aliphatic carbocycles. The monoisotopic (exact) mass is 342 g/mol. The SMILES string of the molecule is COc1ccc(NC(=O)c2c[nH]c3ccc(F)cc3c2=O)cc1OC. The van der Waals surface area contributed by atoms with Crippen LogP contribution in [0, 0.1) is 5.82 Å². The van der Waals surface area contributed by atoms with E-state index in [4.69, 9.17) is 9.47 Å². The summed E-state index contributed by atoms with van der Waals surface area (Å²) in [6.07, 6.45) is 1.30. The summed E-state index contributed by atoms with van der Waals surface area (Å²) in [4.78, 5) is 27.7. The number of hydrogen-bond donors (Lipinski definition) is 2. The molecular weight excluding hydrogens is 327 g/mol. The number of methoxy groups -OCH3 is 2. The molecule has 25 heavy (non-hydrogen) atoms. The molecule has 0 aliphatic rings. The first-order chi connectivity index (χ1) is 12.0. The number of benzene rings is 2. The van der Waals surface area contributed by atoms with E-state index in [1.54, 1.807) is 18.2 Å². The van der Waals surface area contributed by atoms with Gasteiger partial charge in [-0.05, 0) is 30.3 Å². The predicted molar refractivity (Wildman–Crippen MR) is 92.0 cm³/mol. The van der Waals surface area contributed by atoms with Crippen molar-refractivity contribution in [1.29, 1.82) is 0 Å². The van der Waals surface area contributed by atoms with Gasteiger partial charge in [-0.2, -0.15) is 0 Å². The lowest BCUT2D eigenvalue weighted by atomic mass is 10.1. The lowest BCUT2D eigenvalue weighted by Crippen LogP contribution is -2.22. The fourth-order valence-corrected chi connectivity index (χ4v) is 2.47. The normalized spacial score (nSPS) is 10.5. The van der Waals surface area contributed by atoms with E-state index in [2.05, 4.69) is 10.3 Å². The second-order valence-electron chi connectivity index (χ2n) is 5.25. The molecule has 3 rings (SSSR count). The van der Waals surface area contributed by atoms with Gasteiger partial charge in [0.1, 0.15) is 11.4 Å². The summed E-state index contributed by atoms with van der Waals surface area (Å²) in [6, 6.07) is 8.61. The van der Waals surface area contributed by atoms with Crippen molar-refractivity contribution >= 4 is 22.5 Å². The number of ether oxygens (including phenoxy) is 2. The molecule has 1 heterocycles. The van der Waals surface area contributed by atoms with Crippen LogP contribution < -0.4 is 20.2 Å². The highest BCUT2D eigenvalue weighted by Crippen LogP contribution is 2.29. The van der Waals surface area contributed by atoms with Crippen LogP contribution in [0.4, 0.5) is 10.1 Å². The van der Waals surface area contributed by atoms with E-state index in [0.717, 1.165) is 6.07 Å². The summed E-state index contributed by atoms with van der Waals surface area (Å²) < 4.78 is 23.7. The van der Waals surface area contributed by atoms with Gasteiger partial charge in [0.25, 0.3) is 5.91 Å². The molecule has 0 saturated heterocycles. The van der Waals surface area contributed by atoms with E-state index in [1.807, 2.05) is 0 Å². The van der Waals surface area contributed by atoms with Crippen LogP contribution in [-0.2, 0) is 0 Å². The number of carbonyl (C=O) groups is 1. The Morgan fingerprint density at radius 3 is 2.56 bits per heavy atom. The number of carbonyl (C=O) groups excluding carboxylic acids is 1. The highest BCUT2D eigenvalue weighted by molar-refractivity contribution is 6.05. The van der Waals surface area contributed by atoms with Crippen molar-refractivity contribution in [2.75, 3.05) is 19.5 Å². The third kappa shape index (κ3) is 3.16. The van der Waals surface area contributed by atoms with Gasteiger partial charge in [-0.3, -0.25) is 9.59 Å². The van der Waals surface area contributed by atoms with Crippen LogP contribution in [-0.4, -0.2) is 25.1 Å². The number of H-pyrrole nitrogens is 1. The van der Waals surface area contributed by atoms with E-state index in [-0.39, 0.29) is 10.9 Å². The number of nitrogens with one attached hydrogen (secondary N) is 2. The highest BCUT2D eigenvalue weighted by Gasteiger charge is 2.15. The Balaban J connectivity index is 1.95. The molecule has 0 radical (unpaired) electrons. The van der Waals surface area contributed by atoms with E-state index in [9.17, 15) is 14.0 Å². The number of amides is 1. The summed E-state index contributed by atoms with van der Waals surface area (Å²) in [6.45, 7) is 0. The van der Waals surface area contributed by atoms with Crippen LogP contribution in [0.1, 0.15) is 10.4 Å². The Morgan fingerprint density at radius 1 is 1.08 bits per heavy atom. The van der Waals surface area contributed by atoms with Crippen molar-refractivity contribution in [2.24, 2.45) is 0 Å². The van der Waals surface area contributed by atoms with Gasteiger partial charge in [0.2, 0.25) is 5.43 Å². The van der Waals surface area contributed by atoms with E-state index < -0.39 is 17.2 Å². The fourth-order valence-electron chi connectivity index (χ4n) is 2.47. The number of pyridine rings is 1. The Kier molecular flexibility index (Phi) is 4.38. The molecule has 2 N–H and O–H groups in total. The summed E-state index contributed by atoms with van der Waals surface area (Å²) in [5, 5.41) is 2.73.